The van der Waals surface area contributed by atoms with E-state index in [2.05, 4.69) is 9.98 Å². The van der Waals surface area contributed by atoms with Gasteiger partial charge in [-0.15, -0.1) is 0 Å². The molecule has 1 heterocycles. The van der Waals surface area contributed by atoms with Crippen LogP contribution in [0.1, 0.15) is 36.4 Å². The number of phenols is 2. The van der Waals surface area contributed by atoms with Gasteiger partial charge in [0.1, 0.15) is 11.5 Å². The molecule has 0 aliphatic heterocycles. The van der Waals surface area contributed by atoms with E-state index in [-0.39, 0.29) is 11.5 Å². The standard InChI is InChI=1S/C23H23N3O2/c1-14-12-18(27)8-10-20(14)24-16(3)22-6-5-7-23(26-22)17(4)25-21-11-9-19(28)13-15(21)2/h5-13,27-28H,1-4H3/b24-16+,25-17+. The smallest absolute Gasteiger partial charge is 0.115 e. The summed E-state index contributed by atoms with van der Waals surface area (Å²) < 4.78 is 0. The highest BCUT2D eigenvalue weighted by atomic mass is 16.3. The first-order chi connectivity index (χ1) is 13.3. The molecule has 3 aromatic rings. The molecule has 1 aromatic heterocycles. The van der Waals surface area contributed by atoms with Crippen molar-refractivity contribution in [1.29, 1.82) is 0 Å². The summed E-state index contributed by atoms with van der Waals surface area (Å²) in [6, 6.07) is 16.0. The summed E-state index contributed by atoms with van der Waals surface area (Å²) in [5.74, 6) is 0.455. The van der Waals surface area contributed by atoms with E-state index in [9.17, 15) is 10.2 Å². The van der Waals surface area contributed by atoms with Crippen molar-refractivity contribution in [1.82, 2.24) is 4.98 Å². The fourth-order valence-electron chi connectivity index (χ4n) is 2.84. The number of hydrogen-bond acceptors (Lipinski definition) is 5. The van der Waals surface area contributed by atoms with Gasteiger partial charge in [-0.25, -0.2) is 4.98 Å². The topological polar surface area (TPSA) is 78.1 Å². The maximum Gasteiger partial charge on any atom is 0.115 e. The zero-order valence-corrected chi connectivity index (χ0v) is 16.4. The van der Waals surface area contributed by atoms with Crippen LogP contribution in [0.5, 0.6) is 11.5 Å². The maximum absolute atomic E-state index is 9.55. The number of aryl methyl sites for hydroxylation is 2. The molecule has 0 bridgehead atoms. The molecule has 0 radical (unpaired) electrons. The Hall–Kier alpha value is -3.47. The van der Waals surface area contributed by atoms with Gasteiger partial charge in [-0.1, -0.05) is 6.07 Å². The van der Waals surface area contributed by atoms with Crippen molar-refractivity contribution in [2.24, 2.45) is 9.98 Å². The Morgan fingerprint density at radius 3 is 1.54 bits per heavy atom. The van der Waals surface area contributed by atoms with Crippen molar-refractivity contribution in [3.05, 3.63) is 77.1 Å². The van der Waals surface area contributed by atoms with Crippen molar-refractivity contribution >= 4 is 22.8 Å². The van der Waals surface area contributed by atoms with Crippen LogP contribution in [-0.2, 0) is 0 Å². The van der Waals surface area contributed by atoms with Gasteiger partial charge in [0, 0.05) is 0 Å². The number of phenolic OH excluding ortho intramolecular Hbond substituents is 2. The Kier molecular flexibility index (Phi) is 5.54. The van der Waals surface area contributed by atoms with E-state index in [1.165, 1.54) is 0 Å². The van der Waals surface area contributed by atoms with E-state index >= 15 is 0 Å². The third kappa shape index (κ3) is 4.43. The van der Waals surface area contributed by atoms with Crippen molar-refractivity contribution < 1.29 is 10.2 Å². The van der Waals surface area contributed by atoms with Gasteiger partial charge in [0.25, 0.3) is 0 Å². The van der Waals surface area contributed by atoms with Gasteiger partial charge < -0.3 is 10.2 Å². The number of aromatic hydroxyl groups is 2. The molecule has 0 aliphatic carbocycles. The summed E-state index contributed by atoms with van der Waals surface area (Å²) in [4.78, 5) is 14.0. The third-order valence-corrected chi connectivity index (χ3v) is 4.43. The van der Waals surface area contributed by atoms with Crippen LogP contribution in [-0.4, -0.2) is 26.6 Å². The molecule has 0 amide bonds. The first-order valence-electron chi connectivity index (χ1n) is 9.01. The SMILES string of the molecule is C/C(=N\c1ccc(O)cc1C)c1cccc(/C(C)=N/c2ccc(O)cc2C)n1. The minimum atomic E-state index is 0.227. The van der Waals surface area contributed by atoms with Gasteiger partial charge >= 0.3 is 0 Å². The molecule has 5 heteroatoms. The third-order valence-electron chi connectivity index (χ3n) is 4.43. The predicted octanol–water partition coefficient (Wildman–Crippen LogP) is 5.39. The monoisotopic (exact) mass is 373 g/mol. The van der Waals surface area contributed by atoms with Crippen LogP contribution in [0.4, 0.5) is 11.4 Å². The first-order valence-corrected chi connectivity index (χ1v) is 9.01. The van der Waals surface area contributed by atoms with Crippen LogP contribution in [0.2, 0.25) is 0 Å². The fraction of sp³-hybridized carbons (Fsp3) is 0.174. The summed E-state index contributed by atoms with van der Waals surface area (Å²) in [5.41, 5.74) is 6.49. The summed E-state index contributed by atoms with van der Waals surface area (Å²) >= 11 is 0. The summed E-state index contributed by atoms with van der Waals surface area (Å²) in [6.45, 7) is 7.64. The molecule has 0 aliphatic rings. The van der Waals surface area contributed by atoms with E-state index in [0.717, 1.165) is 45.3 Å². The normalized spacial score (nSPS) is 12.3. The van der Waals surface area contributed by atoms with Crippen LogP contribution in [0, 0.1) is 13.8 Å². The van der Waals surface area contributed by atoms with Crippen LogP contribution in [0.3, 0.4) is 0 Å². The van der Waals surface area contributed by atoms with Gasteiger partial charge in [-0.2, -0.15) is 0 Å². The predicted molar refractivity (Wildman–Crippen MR) is 114 cm³/mol. The lowest BCUT2D eigenvalue weighted by Crippen LogP contribution is -2.05. The Labute approximate surface area is 164 Å². The largest absolute Gasteiger partial charge is 0.508 e. The lowest BCUT2D eigenvalue weighted by atomic mass is 10.1. The lowest BCUT2D eigenvalue weighted by molar-refractivity contribution is 0.474. The molecule has 2 aromatic carbocycles. The molecule has 142 valence electrons. The number of benzene rings is 2. The highest BCUT2D eigenvalue weighted by Gasteiger charge is 2.07. The Bertz CT molecular complexity index is 1000. The Morgan fingerprint density at radius 1 is 0.714 bits per heavy atom. The van der Waals surface area contributed by atoms with Crippen molar-refractivity contribution in [3.63, 3.8) is 0 Å². The van der Waals surface area contributed by atoms with E-state index in [1.54, 1.807) is 36.4 Å². The number of aromatic nitrogens is 1. The van der Waals surface area contributed by atoms with Crippen molar-refractivity contribution in [2.75, 3.05) is 0 Å². The minimum absolute atomic E-state index is 0.227. The zero-order valence-electron chi connectivity index (χ0n) is 16.4. The summed E-state index contributed by atoms with van der Waals surface area (Å²) in [7, 11) is 0. The second-order valence-corrected chi connectivity index (χ2v) is 6.74. The average molecular weight is 373 g/mol. The molecule has 0 saturated carbocycles. The molecule has 0 atom stereocenters. The Morgan fingerprint density at radius 2 is 1.14 bits per heavy atom. The zero-order chi connectivity index (χ0) is 20.3. The molecular weight excluding hydrogens is 350 g/mol. The molecule has 0 unspecified atom stereocenters. The number of rotatable bonds is 4. The second kappa shape index (κ2) is 8.05. The van der Waals surface area contributed by atoms with Gasteiger partial charge in [-0.3, -0.25) is 9.98 Å². The van der Waals surface area contributed by atoms with E-state index < -0.39 is 0 Å². The number of hydrogen-bond donors (Lipinski definition) is 2. The van der Waals surface area contributed by atoms with Gasteiger partial charge in [-0.05, 0) is 87.4 Å². The fourth-order valence-corrected chi connectivity index (χ4v) is 2.84. The summed E-state index contributed by atoms with van der Waals surface area (Å²) in [5, 5.41) is 19.1. The minimum Gasteiger partial charge on any atom is -0.508 e. The van der Waals surface area contributed by atoms with Crippen LogP contribution >= 0.6 is 0 Å². The Balaban J connectivity index is 1.93. The molecule has 5 nitrogen and oxygen atoms in total. The van der Waals surface area contributed by atoms with Crippen molar-refractivity contribution in [3.8, 4) is 11.5 Å². The van der Waals surface area contributed by atoms with Gasteiger partial charge in [0.05, 0.1) is 34.2 Å². The molecule has 0 saturated heterocycles. The van der Waals surface area contributed by atoms with E-state index in [1.807, 2.05) is 45.9 Å². The lowest BCUT2D eigenvalue weighted by Gasteiger charge is -2.07. The molecular formula is C23H23N3O2. The van der Waals surface area contributed by atoms with Gasteiger partial charge in [0.2, 0.25) is 0 Å². The molecule has 28 heavy (non-hydrogen) atoms. The number of pyridine rings is 1. The van der Waals surface area contributed by atoms with E-state index in [4.69, 9.17) is 4.98 Å². The maximum atomic E-state index is 9.55. The average Bonchev–Trinajstić information content (AvgIpc) is 2.66. The van der Waals surface area contributed by atoms with Crippen LogP contribution in [0.15, 0.2) is 64.6 Å². The van der Waals surface area contributed by atoms with Crippen LogP contribution in [0.25, 0.3) is 0 Å². The van der Waals surface area contributed by atoms with Crippen molar-refractivity contribution in [2.45, 2.75) is 27.7 Å². The van der Waals surface area contributed by atoms with E-state index in [0.29, 0.717) is 0 Å². The molecule has 0 fully saturated rings. The number of aliphatic imine (C=N–C) groups is 2. The number of nitrogens with zero attached hydrogens (tertiary/aromatic N) is 3. The highest BCUT2D eigenvalue weighted by molar-refractivity contribution is 6.02. The highest BCUT2D eigenvalue weighted by Crippen LogP contribution is 2.25. The molecule has 2 N–H and O–H groups in total. The summed E-state index contributed by atoms with van der Waals surface area (Å²) in [6.07, 6.45) is 0. The first kappa shape index (κ1) is 19.3. The van der Waals surface area contributed by atoms with Gasteiger partial charge in [0.15, 0.2) is 0 Å². The quantitative estimate of drug-likeness (QED) is 0.602. The van der Waals surface area contributed by atoms with Crippen LogP contribution < -0.4 is 0 Å². The second-order valence-electron chi connectivity index (χ2n) is 6.74. The molecule has 3 rings (SSSR count). The molecule has 0 spiro atoms.